The average Bonchev–Trinajstić information content (AvgIpc) is 2.34. The minimum atomic E-state index is -1.70. The van der Waals surface area contributed by atoms with Crippen molar-refractivity contribution in [2.24, 2.45) is 0 Å². The first kappa shape index (κ1) is 20.1. The van der Waals surface area contributed by atoms with Crippen molar-refractivity contribution in [2.75, 3.05) is 6.61 Å². The first-order chi connectivity index (χ1) is 9.20. The molecule has 1 N–H and O–H groups in total. The van der Waals surface area contributed by atoms with Gasteiger partial charge < -0.3 is 9.53 Å². The van der Waals surface area contributed by atoms with E-state index in [1.807, 2.05) is 0 Å². The molecule has 0 fully saturated rings. The Balaban J connectivity index is 3.62. The summed E-state index contributed by atoms with van der Waals surface area (Å²) >= 11 is 0. The quantitative estimate of drug-likeness (QED) is 0.403. The summed E-state index contributed by atoms with van der Waals surface area (Å²) < 4.78 is 6.05. The SMILES string of the molecule is CCCCCCCCC[C@H](O)CO[Si](C)(C)C(C)(C)C. The van der Waals surface area contributed by atoms with Crippen molar-refractivity contribution >= 4 is 8.32 Å². The lowest BCUT2D eigenvalue weighted by atomic mass is 10.1. The number of unbranched alkanes of at least 4 members (excludes halogenated alkanes) is 6. The van der Waals surface area contributed by atoms with Gasteiger partial charge in [-0.05, 0) is 24.6 Å². The summed E-state index contributed by atoms with van der Waals surface area (Å²) in [5.41, 5.74) is 0. The Morgan fingerprint density at radius 1 is 0.950 bits per heavy atom. The Hall–Kier alpha value is 0.137. The second-order valence-corrected chi connectivity index (χ2v) is 12.4. The summed E-state index contributed by atoms with van der Waals surface area (Å²) in [7, 11) is -1.70. The molecule has 0 amide bonds. The van der Waals surface area contributed by atoms with Crippen LogP contribution in [0.25, 0.3) is 0 Å². The molecule has 20 heavy (non-hydrogen) atoms. The highest BCUT2D eigenvalue weighted by Crippen LogP contribution is 2.36. The van der Waals surface area contributed by atoms with Gasteiger partial charge in [-0.1, -0.05) is 72.6 Å². The van der Waals surface area contributed by atoms with Crippen LogP contribution in [-0.4, -0.2) is 26.1 Å². The molecule has 0 aromatic carbocycles. The number of aliphatic hydroxyl groups excluding tert-OH is 1. The minimum absolute atomic E-state index is 0.228. The molecule has 0 saturated heterocycles. The fourth-order valence-corrected chi connectivity index (χ4v) is 2.98. The van der Waals surface area contributed by atoms with E-state index in [2.05, 4.69) is 40.8 Å². The Labute approximate surface area is 128 Å². The van der Waals surface area contributed by atoms with E-state index >= 15 is 0 Å². The molecule has 0 unspecified atom stereocenters. The van der Waals surface area contributed by atoms with Crippen LogP contribution in [0.3, 0.4) is 0 Å². The van der Waals surface area contributed by atoms with Crippen LogP contribution in [0, 0.1) is 0 Å². The van der Waals surface area contributed by atoms with Crippen molar-refractivity contribution in [3.63, 3.8) is 0 Å². The van der Waals surface area contributed by atoms with E-state index in [-0.39, 0.29) is 11.1 Å². The molecule has 0 bridgehead atoms. The molecule has 0 aliphatic carbocycles. The summed E-state index contributed by atoms with van der Waals surface area (Å²) in [4.78, 5) is 0. The second-order valence-electron chi connectivity index (χ2n) is 7.64. The van der Waals surface area contributed by atoms with E-state index in [0.29, 0.717) is 6.61 Å². The number of aliphatic hydroxyl groups is 1. The molecule has 2 nitrogen and oxygen atoms in total. The number of hydrogen-bond acceptors (Lipinski definition) is 2. The molecule has 0 aliphatic rings. The molecule has 0 aromatic heterocycles. The Kier molecular flexibility index (Phi) is 10.0. The normalized spacial score (nSPS) is 14.6. The van der Waals surface area contributed by atoms with Crippen LogP contribution >= 0.6 is 0 Å². The van der Waals surface area contributed by atoms with Crippen LogP contribution in [0.1, 0.15) is 79.1 Å². The average molecular weight is 303 g/mol. The van der Waals surface area contributed by atoms with E-state index in [9.17, 15) is 5.11 Å². The smallest absolute Gasteiger partial charge is 0.192 e. The third-order valence-electron chi connectivity index (χ3n) is 4.58. The van der Waals surface area contributed by atoms with E-state index in [1.165, 1.54) is 38.5 Å². The molecule has 0 aromatic rings. The molecule has 0 aliphatic heterocycles. The standard InChI is InChI=1S/C17H38O2Si/c1-7-8-9-10-11-12-13-14-16(18)15-19-20(5,6)17(2,3)4/h16,18H,7-15H2,1-6H3/t16-/m0/s1. The molecule has 0 spiro atoms. The maximum Gasteiger partial charge on any atom is 0.192 e. The van der Waals surface area contributed by atoms with Gasteiger partial charge in [0.2, 0.25) is 0 Å². The van der Waals surface area contributed by atoms with Crippen molar-refractivity contribution in [2.45, 2.75) is 103 Å². The van der Waals surface area contributed by atoms with Crippen LogP contribution in [0.4, 0.5) is 0 Å². The van der Waals surface area contributed by atoms with Gasteiger partial charge in [0.25, 0.3) is 0 Å². The topological polar surface area (TPSA) is 29.5 Å². The van der Waals surface area contributed by atoms with Crippen LogP contribution in [0.2, 0.25) is 18.1 Å². The summed E-state index contributed by atoms with van der Waals surface area (Å²) in [5, 5.41) is 10.2. The maximum atomic E-state index is 10.0. The highest BCUT2D eigenvalue weighted by molar-refractivity contribution is 6.74. The van der Waals surface area contributed by atoms with E-state index in [1.54, 1.807) is 0 Å². The maximum absolute atomic E-state index is 10.0. The van der Waals surface area contributed by atoms with Gasteiger partial charge in [-0.2, -0.15) is 0 Å². The molecule has 1 atom stereocenters. The minimum Gasteiger partial charge on any atom is -0.414 e. The lowest BCUT2D eigenvalue weighted by molar-refractivity contribution is 0.0905. The van der Waals surface area contributed by atoms with Crippen molar-refractivity contribution in [1.82, 2.24) is 0 Å². The van der Waals surface area contributed by atoms with Gasteiger partial charge in [-0.3, -0.25) is 0 Å². The Morgan fingerprint density at radius 2 is 1.45 bits per heavy atom. The first-order valence-electron chi connectivity index (χ1n) is 8.52. The molecule has 3 heteroatoms. The van der Waals surface area contributed by atoms with Gasteiger partial charge in [0.1, 0.15) is 0 Å². The fraction of sp³-hybridized carbons (Fsp3) is 1.00. The zero-order valence-electron chi connectivity index (χ0n) is 14.8. The van der Waals surface area contributed by atoms with Gasteiger partial charge in [0.15, 0.2) is 8.32 Å². The van der Waals surface area contributed by atoms with Crippen LogP contribution in [0.5, 0.6) is 0 Å². The summed E-state index contributed by atoms with van der Waals surface area (Å²) in [6.45, 7) is 14.0. The van der Waals surface area contributed by atoms with E-state index in [4.69, 9.17) is 4.43 Å². The molecular weight excluding hydrogens is 264 g/mol. The first-order valence-corrected chi connectivity index (χ1v) is 11.4. The fourth-order valence-electron chi connectivity index (χ4n) is 1.94. The zero-order chi connectivity index (χ0) is 15.6. The lowest BCUT2D eigenvalue weighted by Crippen LogP contribution is -2.42. The monoisotopic (exact) mass is 302 g/mol. The van der Waals surface area contributed by atoms with Crippen LogP contribution < -0.4 is 0 Å². The number of hydrogen-bond donors (Lipinski definition) is 1. The largest absolute Gasteiger partial charge is 0.414 e. The van der Waals surface area contributed by atoms with Gasteiger partial charge in [0, 0.05) is 0 Å². The van der Waals surface area contributed by atoms with Crippen molar-refractivity contribution < 1.29 is 9.53 Å². The van der Waals surface area contributed by atoms with Gasteiger partial charge >= 0.3 is 0 Å². The van der Waals surface area contributed by atoms with Crippen molar-refractivity contribution in [3.8, 4) is 0 Å². The zero-order valence-corrected chi connectivity index (χ0v) is 15.8. The summed E-state index contributed by atoms with van der Waals surface area (Å²) in [6, 6.07) is 0. The highest BCUT2D eigenvalue weighted by Gasteiger charge is 2.37. The van der Waals surface area contributed by atoms with E-state index in [0.717, 1.165) is 12.8 Å². The Bertz CT molecular complexity index is 234. The molecule has 122 valence electrons. The molecular formula is C17H38O2Si. The third kappa shape index (κ3) is 9.14. The lowest BCUT2D eigenvalue weighted by Gasteiger charge is -2.36. The van der Waals surface area contributed by atoms with E-state index < -0.39 is 8.32 Å². The molecule has 0 radical (unpaired) electrons. The molecule has 0 saturated carbocycles. The van der Waals surface area contributed by atoms with Crippen molar-refractivity contribution in [1.29, 1.82) is 0 Å². The summed E-state index contributed by atoms with van der Waals surface area (Å²) in [6.07, 6.45) is 9.71. The van der Waals surface area contributed by atoms with Gasteiger partial charge in [0.05, 0.1) is 12.7 Å². The van der Waals surface area contributed by atoms with Gasteiger partial charge in [-0.15, -0.1) is 0 Å². The van der Waals surface area contributed by atoms with Crippen LogP contribution in [-0.2, 0) is 4.43 Å². The second kappa shape index (κ2) is 9.96. The predicted molar refractivity (Wildman–Crippen MR) is 91.8 cm³/mol. The summed E-state index contributed by atoms with van der Waals surface area (Å²) in [5.74, 6) is 0. The molecule has 0 heterocycles. The third-order valence-corrected chi connectivity index (χ3v) is 9.08. The predicted octanol–water partition coefficient (Wildman–Crippen LogP) is 5.51. The van der Waals surface area contributed by atoms with Crippen LogP contribution in [0.15, 0.2) is 0 Å². The molecule has 0 rings (SSSR count). The van der Waals surface area contributed by atoms with Gasteiger partial charge in [-0.25, -0.2) is 0 Å². The number of rotatable bonds is 11. The Morgan fingerprint density at radius 3 is 1.95 bits per heavy atom. The highest BCUT2D eigenvalue weighted by atomic mass is 28.4. The van der Waals surface area contributed by atoms with Crippen molar-refractivity contribution in [3.05, 3.63) is 0 Å².